The average Bonchev–Trinajstić information content (AvgIpc) is 2.63. The molecule has 15 heavy (non-hydrogen) atoms. The van der Waals surface area contributed by atoms with Crippen LogP contribution in [0.1, 0.15) is 16.2 Å². The summed E-state index contributed by atoms with van der Waals surface area (Å²) in [6.07, 6.45) is 2.05. The van der Waals surface area contributed by atoms with Crippen molar-refractivity contribution in [3.8, 4) is 0 Å². The van der Waals surface area contributed by atoms with Gasteiger partial charge in [0.1, 0.15) is 0 Å². The van der Waals surface area contributed by atoms with E-state index in [9.17, 15) is 4.79 Å². The van der Waals surface area contributed by atoms with Crippen LogP contribution in [-0.4, -0.2) is 46.7 Å². The topological polar surface area (TPSA) is 66.6 Å². The summed E-state index contributed by atoms with van der Waals surface area (Å²) < 4.78 is 4.90. The number of aromatic carboxylic acids is 1. The summed E-state index contributed by atoms with van der Waals surface area (Å²) in [6, 6.07) is 1.46. The SMILES string of the molecule is CSCCN(C)Cc1cc(C(=O)O)no1. The zero-order valence-electron chi connectivity index (χ0n) is 8.77. The van der Waals surface area contributed by atoms with Gasteiger partial charge in [-0.05, 0) is 13.3 Å². The molecular weight excluding hydrogens is 216 g/mol. The van der Waals surface area contributed by atoms with Gasteiger partial charge >= 0.3 is 5.97 Å². The number of hydrogen-bond donors (Lipinski definition) is 1. The van der Waals surface area contributed by atoms with Crippen molar-refractivity contribution in [2.45, 2.75) is 6.54 Å². The molecule has 1 aromatic rings. The lowest BCUT2D eigenvalue weighted by atomic mass is 10.3. The molecule has 0 aliphatic heterocycles. The molecule has 0 amide bonds. The van der Waals surface area contributed by atoms with Crippen LogP contribution in [0.5, 0.6) is 0 Å². The molecule has 1 N–H and O–H groups in total. The van der Waals surface area contributed by atoms with Crippen LogP contribution in [0.15, 0.2) is 10.6 Å². The highest BCUT2D eigenvalue weighted by atomic mass is 32.2. The summed E-state index contributed by atoms with van der Waals surface area (Å²) in [6.45, 7) is 1.52. The number of hydrogen-bond acceptors (Lipinski definition) is 5. The smallest absolute Gasteiger partial charge is 0.358 e. The Balaban J connectivity index is 2.46. The Morgan fingerprint density at radius 3 is 3.00 bits per heavy atom. The second-order valence-corrected chi connectivity index (χ2v) is 4.20. The number of carbonyl (C=O) groups is 1. The van der Waals surface area contributed by atoms with Gasteiger partial charge in [0.25, 0.3) is 0 Å². The van der Waals surface area contributed by atoms with Crippen LogP contribution in [0.25, 0.3) is 0 Å². The van der Waals surface area contributed by atoms with Crippen molar-refractivity contribution in [3.63, 3.8) is 0 Å². The lowest BCUT2D eigenvalue weighted by Gasteiger charge is -2.12. The van der Waals surface area contributed by atoms with E-state index in [4.69, 9.17) is 9.63 Å². The molecule has 5 nitrogen and oxygen atoms in total. The summed E-state index contributed by atoms with van der Waals surface area (Å²) in [5.74, 6) is 0.559. The molecule has 0 aliphatic carbocycles. The van der Waals surface area contributed by atoms with Crippen LogP contribution in [0.4, 0.5) is 0 Å². The molecule has 0 unspecified atom stereocenters. The Morgan fingerprint density at radius 2 is 2.47 bits per heavy atom. The quantitative estimate of drug-likeness (QED) is 0.791. The van der Waals surface area contributed by atoms with Crippen molar-refractivity contribution < 1.29 is 14.4 Å². The van der Waals surface area contributed by atoms with Gasteiger partial charge in [0.2, 0.25) is 0 Å². The van der Waals surface area contributed by atoms with E-state index in [0.717, 1.165) is 12.3 Å². The molecular formula is C9H14N2O3S. The fraction of sp³-hybridized carbons (Fsp3) is 0.556. The average molecular weight is 230 g/mol. The maximum absolute atomic E-state index is 10.5. The standard InChI is InChI=1S/C9H14N2O3S/c1-11(3-4-15-2)6-7-5-8(9(12)13)10-14-7/h5H,3-4,6H2,1-2H3,(H,12,13). The third kappa shape index (κ3) is 3.93. The molecule has 0 spiro atoms. The first kappa shape index (κ1) is 12.1. The van der Waals surface area contributed by atoms with Crippen molar-refractivity contribution in [1.29, 1.82) is 0 Å². The van der Waals surface area contributed by atoms with Crippen LogP contribution < -0.4 is 0 Å². The number of aromatic nitrogens is 1. The highest BCUT2D eigenvalue weighted by molar-refractivity contribution is 7.98. The zero-order valence-corrected chi connectivity index (χ0v) is 9.58. The van der Waals surface area contributed by atoms with Gasteiger partial charge in [-0.3, -0.25) is 4.90 Å². The largest absolute Gasteiger partial charge is 0.476 e. The van der Waals surface area contributed by atoms with E-state index in [-0.39, 0.29) is 5.69 Å². The molecule has 1 heterocycles. The molecule has 0 atom stereocenters. The molecule has 0 radical (unpaired) electrons. The number of nitrogens with zero attached hydrogens (tertiary/aromatic N) is 2. The molecule has 6 heteroatoms. The van der Waals surface area contributed by atoms with E-state index in [1.54, 1.807) is 11.8 Å². The summed E-state index contributed by atoms with van der Waals surface area (Å²) in [4.78, 5) is 12.6. The highest BCUT2D eigenvalue weighted by Crippen LogP contribution is 2.06. The summed E-state index contributed by atoms with van der Waals surface area (Å²) >= 11 is 1.77. The molecule has 0 aliphatic rings. The normalized spacial score (nSPS) is 10.9. The van der Waals surface area contributed by atoms with Crippen molar-refractivity contribution in [2.24, 2.45) is 0 Å². The van der Waals surface area contributed by atoms with Gasteiger partial charge in [-0.15, -0.1) is 0 Å². The van der Waals surface area contributed by atoms with E-state index >= 15 is 0 Å². The minimum absolute atomic E-state index is 0.0386. The van der Waals surface area contributed by atoms with Gasteiger partial charge < -0.3 is 9.63 Å². The van der Waals surface area contributed by atoms with Gasteiger partial charge in [-0.1, -0.05) is 5.16 Å². The van der Waals surface area contributed by atoms with Gasteiger partial charge in [-0.25, -0.2) is 4.79 Å². The maximum atomic E-state index is 10.5. The van der Waals surface area contributed by atoms with Crippen molar-refractivity contribution >= 4 is 17.7 Å². The van der Waals surface area contributed by atoms with Crippen LogP contribution >= 0.6 is 11.8 Å². The summed E-state index contributed by atoms with van der Waals surface area (Å²) in [5, 5.41) is 12.1. The monoisotopic (exact) mass is 230 g/mol. The molecule has 0 saturated carbocycles. The highest BCUT2D eigenvalue weighted by Gasteiger charge is 2.11. The molecule has 0 aromatic carbocycles. The van der Waals surface area contributed by atoms with E-state index in [1.807, 2.05) is 13.3 Å². The molecule has 1 aromatic heterocycles. The predicted molar refractivity (Wildman–Crippen MR) is 58.2 cm³/mol. The van der Waals surface area contributed by atoms with Crippen LogP contribution in [0.2, 0.25) is 0 Å². The van der Waals surface area contributed by atoms with E-state index in [2.05, 4.69) is 10.1 Å². The third-order valence-corrected chi connectivity index (χ3v) is 2.47. The minimum atomic E-state index is -1.06. The van der Waals surface area contributed by atoms with E-state index < -0.39 is 5.97 Å². The Kier molecular flexibility index (Phi) is 4.64. The Hall–Kier alpha value is -1.01. The lowest BCUT2D eigenvalue weighted by molar-refractivity contribution is 0.0685. The second-order valence-electron chi connectivity index (χ2n) is 3.21. The number of carboxylic acid groups (broad SMARTS) is 1. The molecule has 0 fully saturated rings. The summed E-state index contributed by atoms with van der Waals surface area (Å²) in [7, 11) is 1.96. The molecule has 0 bridgehead atoms. The van der Waals surface area contributed by atoms with Gasteiger partial charge in [0.05, 0.1) is 6.54 Å². The van der Waals surface area contributed by atoms with Crippen molar-refractivity contribution in [1.82, 2.24) is 10.1 Å². The lowest BCUT2D eigenvalue weighted by Crippen LogP contribution is -2.20. The van der Waals surface area contributed by atoms with Crippen molar-refractivity contribution in [2.75, 3.05) is 25.6 Å². The van der Waals surface area contributed by atoms with Gasteiger partial charge in [0, 0.05) is 18.4 Å². The fourth-order valence-electron chi connectivity index (χ4n) is 1.08. The first-order chi connectivity index (χ1) is 7.13. The molecule has 84 valence electrons. The Bertz CT molecular complexity index is 327. The van der Waals surface area contributed by atoms with Crippen LogP contribution in [0.3, 0.4) is 0 Å². The minimum Gasteiger partial charge on any atom is -0.476 e. The van der Waals surface area contributed by atoms with Crippen molar-refractivity contribution in [3.05, 3.63) is 17.5 Å². The maximum Gasteiger partial charge on any atom is 0.358 e. The zero-order chi connectivity index (χ0) is 11.3. The Labute approximate surface area is 92.4 Å². The third-order valence-electron chi connectivity index (χ3n) is 1.88. The van der Waals surface area contributed by atoms with Gasteiger partial charge in [0.15, 0.2) is 11.5 Å². The summed E-state index contributed by atoms with van der Waals surface area (Å²) in [5.41, 5.74) is -0.0386. The van der Waals surface area contributed by atoms with E-state index in [0.29, 0.717) is 12.3 Å². The number of thioether (sulfide) groups is 1. The predicted octanol–water partition coefficient (Wildman–Crippen LogP) is 1.17. The van der Waals surface area contributed by atoms with Crippen LogP contribution in [0, 0.1) is 0 Å². The first-order valence-corrected chi connectivity index (χ1v) is 5.89. The fourth-order valence-corrected chi connectivity index (χ4v) is 1.57. The second kappa shape index (κ2) is 5.77. The number of rotatable bonds is 6. The number of carboxylic acids is 1. The molecule has 1 rings (SSSR count). The molecule has 0 saturated heterocycles. The van der Waals surface area contributed by atoms with E-state index in [1.165, 1.54) is 6.07 Å². The van der Waals surface area contributed by atoms with Gasteiger partial charge in [-0.2, -0.15) is 11.8 Å². The van der Waals surface area contributed by atoms with Crippen LogP contribution in [-0.2, 0) is 6.54 Å². The Morgan fingerprint density at radius 1 is 1.73 bits per heavy atom. The first-order valence-electron chi connectivity index (χ1n) is 4.50.